The lowest BCUT2D eigenvalue weighted by molar-refractivity contribution is 0.469. The van der Waals surface area contributed by atoms with Gasteiger partial charge in [0.1, 0.15) is 23.0 Å². The van der Waals surface area contributed by atoms with Gasteiger partial charge in [0.2, 0.25) is 0 Å². The van der Waals surface area contributed by atoms with Gasteiger partial charge in [0.05, 0.1) is 0 Å². The summed E-state index contributed by atoms with van der Waals surface area (Å²) in [4.78, 5) is 0. The maximum atomic E-state index is 10.7. The number of fused-ring (bicyclic) bond motifs is 3. The molecule has 4 nitrogen and oxygen atoms in total. The molecule has 2 aliphatic carbocycles. The summed E-state index contributed by atoms with van der Waals surface area (Å²) in [5.41, 5.74) is 6.29. The SMILES string of the molecule is Oc1ccc2c(c1)CCc1ccc(O)c(c1)-c1cc(ccc1O)/C=C\c1ccc-2c(O)c1. The summed E-state index contributed by atoms with van der Waals surface area (Å²) in [6.45, 7) is 0. The molecule has 0 saturated carbocycles. The van der Waals surface area contributed by atoms with Crippen molar-refractivity contribution in [2.45, 2.75) is 12.8 Å². The molecule has 0 aliphatic heterocycles. The van der Waals surface area contributed by atoms with Gasteiger partial charge in [-0.1, -0.05) is 42.5 Å². The van der Waals surface area contributed by atoms with Crippen molar-refractivity contribution >= 4 is 12.2 Å². The molecule has 0 unspecified atom stereocenters. The van der Waals surface area contributed by atoms with Crippen molar-refractivity contribution < 1.29 is 20.4 Å². The lowest BCUT2D eigenvalue weighted by atomic mass is 9.92. The topological polar surface area (TPSA) is 80.9 Å². The van der Waals surface area contributed by atoms with Gasteiger partial charge in [-0.2, -0.15) is 0 Å². The van der Waals surface area contributed by atoms with Gasteiger partial charge in [-0.15, -0.1) is 0 Å². The van der Waals surface area contributed by atoms with Crippen LogP contribution in [0.3, 0.4) is 0 Å². The Labute approximate surface area is 186 Å². The fourth-order valence-corrected chi connectivity index (χ4v) is 4.23. The van der Waals surface area contributed by atoms with Crippen LogP contribution in [-0.4, -0.2) is 20.4 Å². The first kappa shape index (κ1) is 19.8. The summed E-state index contributed by atoms with van der Waals surface area (Å²) in [5, 5.41) is 41.8. The minimum Gasteiger partial charge on any atom is -0.508 e. The number of hydrogen-bond donors (Lipinski definition) is 4. The van der Waals surface area contributed by atoms with Gasteiger partial charge in [0, 0.05) is 16.7 Å². The molecule has 4 aromatic rings. The van der Waals surface area contributed by atoms with Crippen molar-refractivity contribution in [1.29, 1.82) is 0 Å². The fraction of sp³-hybridized carbons (Fsp3) is 0.0714. The van der Waals surface area contributed by atoms with Gasteiger partial charge in [-0.25, -0.2) is 0 Å². The molecule has 0 spiro atoms. The first-order chi connectivity index (χ1) is 15.5. The number of rotatable bonds is 0. The Hall–Kier alpha value is -4.18. The second-order valence-electron chi connectivity index (χ2n) is 8.08. The van der Waals surface area contributed by atoms with Crippen LogP contribution in [0, 0.1) is 0 Å². The normalized spacial score (nSPS) is 13.5. The third-order valence-electron chi connectivity index (χ3n) is 5.92. The van der Waals surface area contributed by atoms with Crippen molar-refractivity contribution in [2.24, 2.45) is 0 Å². The Morgan fingerprint density at radius 2 is 1.12 bits per heavy atom. The van der Waals surface area contributed by atoms with E-state index in [0.717, 1.165) is 27.8 Å². The number of hydrogen-bond acceptors (Lipinski definition) is 4. The Kier molecular flexibility index (Phi) is 4.83. The molecule has 6 bridgehead atoms. The first-order valence-corrected chi connectivity index (χ1v) is 10.5. The van der Waals surface area contributed by atoms with Gasteiger partial charge in [-0.05, 0) is 83.1 Å². The van der Waals surface area contributed by atoms with Crippen LogP contribution in [0.25, 0.3) is 34.4 Å². The highest BCUT2D eigenvalue weighted by molar-refractivity contribution is 5.81. The molecule has 4 N–H and O–H groups in total. The van der Waals surface area contributed by atoms with Gasteiger partial charge < -0.3 is 20.4 Å². The van der Waals surface area contributed by atoms with Crippen molar-refractivity contribution in [3.05, 3.63) is 95.1 Å². The zero-order valence-corrected chi connectivity index (χ0v) is 17.3. The minimum absolute atomic E-state index is 0.0907. The van der Waals surface area contributed by atoms with E-state index in [-0.39, 0.29) is 23.0 Å². The quantitative estimate of drug-likeness (QED) is 0.276. The molecule has 32 heavy (non-hydrogen) atoms. The zero-order valence-electron chi connectivity index (χ0n) is 17.3. The maximum Gasteiger partial charge on any atom is 0.124 e. The molecule has 0 amide bonds. The van der Waals surface area contributed by atoms with E-state index in [2.05, 4.69) is 0 Å². The van der Waals surface area contributed by atoms with Crippen molar-refractivity contribution in [2.75, 3.05) is 0 Å². The first-order valence-electron chi connectivity index (χ1n) is 10.5. The summed E-state index contributed by atoms with van der Waals surface area (Å²) in [6.07, 6.45) is 5.07. The van der Waals surface area contributed by atoms with Crippen LogP contribution in [0.15, 0.2) is 72.8 Å². The molecule has 0 heterocycles. The van der Waals surface area contributed by atoms with E-state index in [4.69, 9.17) is 0 Å². The smallest absolute Gasteiger partial charge is 0.124 e. The van der Waals surface area contributed by atoms with E-state index < -0.39 is 0 Å². The van der Waals surface area contributed by atoms with E-state index in [9.17, 15) is 20.4 Å². The average molecular weight is 422 g/mol. The van der Waals surface area contributed by atoms with Crippen molar-refractivity contribution in [3.8, 4) is 45.3 Å². The van der Waals surface area contributed by atoms with E-state index in [1.54, 1.807) is 36.4 Å². The molecule has 2 aliphatic rings. The fourth-order valence-electron chi connectivity index (χ4n) is 4.23. The summed E-state index contributed by atoms with van der Waals surface area (Å²) < 4.78 is 0. The number of benzene rings is 4. The molecule has 0 radical (unpaired) electrons. The third-order valence-corrected chi connectivity index (χ3v) is 5.92. The number of aromatic hydroxyl groups is 4. The number of aryl methyl sites for hydroxylation is 2. The van der Waals surface area contributed by atoms with Crippen LogP contribution in [0.1, 0.15) is 22.3 Å². The van der Waals surface area contributed by atoms with Crippen LogP contribution in [0.2, 0.25) is 0 Å². The van der Waals surface area contributed by atoms with E-state index in [0.29, 0.717) is 29.5 Å². The molecule has 4 heteroatoms. The molecular weight excluding hydrogens is 400 g/mol. The Morgan fingerprint density at radius 3 is 1.91 bits per heavy atom. The second-order valence-corrected chi connectivity index (χ2v) is 8.08. The van der Waals surface area contributed by atoms with Gasteiger partial charge in [-0.3, -0.25) is 0 Å². The molecule has 0 aromatic heterocycles. The third kappa shape index (κ3) is 3.67. The predicted molar refractivity (Wildman–Crippen MR) is 127 cm³/mol. The molecular formula is C28H22O4. The molecule has 4 aromatic carbocycles. The molecule has 0 atom stereocenters. The number of phenolic OH excluding ortho intramolecular Hbond substituents is 4. The largest absolute Gasteiger partial charge is 0.508 e. The highest BCUT2D eigenvalue weighted by Crippen LogP contribution is 2.39. The predicted octanol–water partition coefficient (Wildman–Crippen LogP) is 6.11. The van der Waals surface area contributed by atoms with Crippen molar-refractivity contribution in [3.63, 3.8) is 0 Å². The zero-order chi connectivity index (χ0) is 22.2. The molecule has 0 saturated heterocycles. The second kappa shape index (κ2) is 7.82. The van der Waals surface area contributed by atoms with Gasteiger partial charge in [0.25, 0.3) is 0 Å². The Morgan fingerprint density at radius 1 is 0.469 bits per heavy atom. The summed E-state index contributed by atoms with van der Waals surface area (Å²) >= 11 is 0. The highest BCUT2D eigenvalue weighted by Gasteiger charge is 2.14. The Balaban J connectivity index is 1.73. The maximum absolute atomic E-state index is 10.7. The summed E-state index contributed by atoms with van der Waals surface area (Å²) in [7, 11) is 0. The number of phenols is 4. The van der Waals surface area contributed by atoms with Crippen LogP contribution >= 0.6 is 0 Å². The lowest BCUT2D eigenvalue weighted by Crippen LogP contribution is -1.96. The van der Waals surface area contributed by atoms with E-state index >= 15 is 0 Å². The summed E-state index contributed by atoms with van der Waals surface area (Å²) in [5.74, 6) is 0.534. The average Bonchev–Trinajstić information content (AvgIpc) is 2.78. The van der Waals surface area contributed by atoms with Crippen LogP contribution in [-0.2, 0) is 12.8 Å². The lowest BCUT2D eigenvalue weighted by Gasteiger charge is -2.14. The molecule has 6 rings (SSSR count). The molecule has 0 fully saturated rings. The van der Waals surface area contributed by atoms with Crippen LogP contribution in [0.5, 0.6) is 23.0 Å². The minimum atomic E-state index is 0.0907. The van der Waals surface area contributed by atoms with Crippen LogP contribution in [0.4, 0.5) is 0 Å². The van der Waals surface area contributed by atoms with Gasteiger partial charge in [0.15, 0.2) is 0 Å². The van der Waals surface area contributed by atoms with E-state index in [1.165, 1.54) is 0 Å². The van der Waals surface area contributed by atoms with E-state index in [1.807, 2.05) is 48.6 Å². The standard InChI is InChI=1S/C28H22O4/c29-21-8-10-22-20(16-21)7-3-18-6-12-27(31)25(14-18)24-13-17(5-11-26(24)30)1-2-19-4-9-23(22)28(32)15-19/h1-2,4-6,8-16,29-32H,3,7H2/b2-1-. The Bertz CT molecular complexity index is 1370. The van der Waals surface area contributed by atoms with Crippen molar-refractivity contribution in [1.82, 2.24) is 0 Å². The highest BCUT2D eigenvalue weighted by atomic mass is 16.3. The monoisotopic (exact) mass is 422 g/mol. The van der Waals surface area contributed by atoms with Crippen LogP contribution < -0.4 is 0 Å². The van der Waals surface area contributed by atoms with Gasteiger partial charge >= 0.3 is 0 Å². The summed E-state index contributed by atoms with van der Waals surface area (Å²) in [6, 6.07) is 21.3. The molecule has 158 valence electrons.